The number of hydrogen-bond acceptors (Lipinski definition) is 3. The zero-order valence-electron chi connectivity index (χ0n) is 13.0. The van der Waals surface area contributed by atoms with E-state index in [9.17, 15) is 4.79 Å². The van der Waals surface area contributed by atoms with E-state index >= 15 is 0 Å². The van der Waals surface area contributed by atoms with Crippen molar-refractivity contribution in [2.45, 2.75) is 45.6 Å². The highest BCUT2D eigenvalue weighted by Crippen LogP contribution is 2.30. The van der Waals surface area contributed by atoms with E-state index in [1.807, 2.05) is 22.2 Å². The Morgan fingerprint density at radius 3 is 3.14 bits per heavy atom. The molecule has 2 amide bonds. The van der Waals surface area contributed by atoms with E-state index in [-0.39, 0.29) is 6.03 Å². The fourth-order valence-corrected chi connectivity index (χ4v) is 4.05. The third-order valence-electron chi connectivity index (χ3n) is 4.67. The SMILES string of the molecule is CCC1CCCC(CNC(=O)NCc2cnc3sccn23)C1. The van der Waals surface area contributed by atoms with E-state index in [2.05, 4.69) is 22.5 Å². The second kappa shape index (κ2) is 7.13. The van der Waals surface area contributed by atoms with Gasteiger partial charge in [0.25, 0.3) is 0 Å². The third-order valence-corrected chi connectivity index (χ3v) is 5.44. The van der Waals surface area contributed by atoms with Crippen LogP contribution in [0.4, 0.5) is 4.79 Å². The van der Waals surface area contributed by atoms with E-state index in [0.717, 1.165) is 23.1 Å². The Morgan fingerprint density at radius 2 is 2.27 bits per heavy atom. The van der Waals surface area contributed by atoms with Gasteiger partial charge in [0.2, 0.25) is 0 Å². The summed E-state index contributed by atoms with van der Waals surface area (Å²) in [7, 11) is 0. The largest absolute Gasteiger partial charge is 0.338 e. The average molecular weight is 320 g/mol. The molecule has 0 spiro atoms. The van der Waals surface area contributed by atoms with Gasteiger partial charge in [0.15, 0.2) is 4.96 Å². The Bertz CT molecular complexity index is 620. The summed E-state index contributed by atoms with van der Waals surface area (Å²) in [5.41, 5.74) is 1.01. The third kappa shape index (κ3) is 3.61. The summed E-state index contributed by atoms with van der Waals surface area (Å²) in [6, 6.07) is -0.0798. The number of thiazole rings is 1. The van der Waals surface area contributed by atoms with Crippen molar-refractivity contribution >= 4 is 22.3 Å². The Kier molecular flexibility index (Phi) is 4.97. The minimum atomic E-state index is -0.0798. The summed E-state index contributed by atoms with van der Waals surface area (Å²) >= 11 is 1.60. The van der Waals surface area contributed by atoms with Gasteiger partial charge >= 0.3 is 6.03 Å². The zero-order valence-corrected chi connectivity index (χ0v) is 13.9. The van der Waals surface area contributed by atoms with Crippen molar-refractivity contribution in [2.75, 3.05) is 6.54 Å². The van der Waals surface area contributed by atoms with Crippen LogP contribution in [0.3, 0.4) is 0 Å². The van der Waals surface area contributed by atoms with Crippen molar-refractivity contribution in [1.29, 1.82) is 0 Å². The molecule has 0 saturated heterocycles. The van der Waals surface area contributed by atoms with Crippen LogP contribution in [0, 0.1) is 11.8 Å². The number of rotatable bonds is 5. The van der Waals surface area contributed by atoms with E-state index in [0.29, 0.717) is 12.5 Å². The molecular weight excluding hydrogens is 296 g/mol. The van der Waals surface area contributed by atoms with Gasteiger partial charge in [0.05, 0.1) is 18.4 Å². The van der Waals surface area contributed by atoms with Gasteiger partial charge in [-0.3, -0.25) is 4.40 Å². The molecule has 0 bridgehead atoms. The average Bonchev–Trinajstić information content (AvgIpc) is 3.15. The standard InChI is InChI=1S/C16H24N4OS/c1-2-12-4-3-5-13(8-12)9-17-15(21)18-10-14-11-19-16-20(14)6-7-22-16/h6-7,11-13H,2-5,8-10H2,1H3,(H2,17,18,21). The van der Waals surface area contributed by atoms with Crippen LogP contribution >= 0.6 is 11.3 Å². The quantitative estimate of drug-likeness (QED) is 0.887. The highest BCUT2D eigenvalue weighted by Gasteiger charge is 2.21. The molecule has 1 aliphatic carbocycles. The van der Waals surface area contributed by atoms with Crippen LogP contribution < -0.4 is 10.6 Å². The Hall–Kier alpha value is -1.56. The van der Waals surface area contributed by atoms with Gasteiger partial charge < -0.3 is 10.6 Å². The van der Waals surface area contributed by atoms with Crippen LogP contribution in [-0.4, -0.2) is 22.0 Å². The Balaban J connectivity index is 1.42. The van der Waals surface area contributed by atoms with Crippen LogP contribution in [0.25, 0.3) is 4.96 Å². The highest BCUT2D eigenvalue weighted by molar-refractivity contribution is 7.15. The van der Waals surface area contributed by atoms with Crippen molar-refractivity contribution in [1.82, 2.24) is 20.0 Å². The van der Waals surface area contributed by atoms with Gasteiger partial charge in [-0.25, -0.2) is 9.78 Å². The summed E-state index contributed by atoms with van der Waals surface area (Å²) in [5.74, 6) is 1.49. The molecule has 2 atom stereocenters. The molecule has 6 heteroatoms. The first-order valence-electron chi connectivity index (χ1n) is 8.17. The second-order valence-electron chi connectivity index (χ2n) is 6.18. The monoisotopic (exact) mass is 320 g/mol. The van der Waals surface area contributed by atoms with E-state index in [1.54, 1.807) is 11.3 Å². The van der Waals surface area contributed by atoms with Crippen LogP contribution in [0.2, 0.25) is 0 Å². The first-order chi connectivity index (χ1) is 10.8. The highest BCUT2D eigenvalue weighted by atomic mass is 32.1. The number of carbonyl (C=O) groups excluding carboxylic acids is 1. The molecule has 0 aliphatic heterocycles. The molecule has 120 valence electrons. The predicted octanol–water partition coefficient (Wildman–Crippen LogP) is 3.41. The lowest BCUT2D eigenvalue weighted by Crippen LogP contribution is -2.39. The van der Waals surface area contributed by atoms with Crippen LogP contribution in [0.1, 0.15) is 44.7 Å². The first kappa shape index (κ1) is 15.3. The number of carbonyl (C=O) groups is 1. The molecule has 2 aromatic heterocycles. The molecule has 2 aromatic rings. The van der Waals surface area contributed by atoms with Crippen molar-refractivity contribution in [2.24, 2.45) is 11.8 Å². The van der Waals surface area contributed by atoms with Crippen LogP contribution in [0.15, 0.2) is 17.8 Å². The maximum absolute atomic E-state index is 12.0. The van der Waals surface area contributed by atoms with Gasteiger partial charge in [0.1, 0.15) is 0 Å². The van der Waals surface area contributed by atoms with Gasteiger partial charge in [-0.1, -0.05) is 26.2 Å². The number of nitrogens with one attached hydrogen (secondary N) is 2. The van der Waals surface area contributed by atoms with Crippen molar-refractivity contribution < 1.29 is 4.79 Å². The molecule has 2 N–H and O–H groups in total. The van der Waals surface area contributed by atoms with Crippen LogP contribution in [0.5, 0.6) is 0 Å². The summed E-state index contributed by atoms with van der Waals surface area (Å²) < 4.78 is 2.01. The molecule has 3 rings (SSSR count). The van der Waals surface area contributed by atoms with E-state index < -0.39 is 0 Å². The summed E-state index contributed by atoms with van der Waals surface area (Å²) in [6.07, 6.45) is 10.2. The molecule has 0 radical (unpaired) electrons. The summed E-state index contributed by atoms with van der Waals surface area (Å²) in [5, 5.41) is 7.95. The molecular formula is C16H24N4OS. The lowest BCUT2D eigenvalue weighted by Gasteiger charge is -2.28. The molecule has 0 aromatic carbocycles. The number of amides is 2. The Labute approximate surface area is 135 Å². The minimum Gasteiger partial charge on any atom is -0.338 e. The summed E-state index contributed by atoms with van der Waals surface area (Å²) in [4.78, 5) is 17.2. The fourth-order valence-electron chi connectivity index (χ4n) is 3.34. The second-order valence-corrected chi connectivity index (χ2v) is 7.05. The maximum atomic E-state index is 12.0. The van der Waals surface area contributed by atoms with Crippen molar-refractivity contribution in [3.8, 4) is 0 Å². The van der Waals surface area contributed by atoms with Crippen LogP contribution in [-0.2, 0) is 6.54 Å². The maximum Gasteiger partial charge on any atom is 0.315 e. The molecule has 1 fully saturated rings. The number of aromatic nitrogens is 2. The van der Waals surface area contributed by atoms with Gasteiger partial charge in [-0.15, -0.1) is 11.3 Å². The molecule has 22 heavy (non-hydrogen) atoms. The zero-order chi connectivity index (χ0) is 15.4. The fraction of sp³-hybridized carbons (Fsp3) is 0.625. The molecule has 2 heterocycles. The Morgan fingerprint density at radius 1 is 1.41 bits per heavy atom. The molecule has 1 saturated carbocycles. The lowest BCUT2D eigenvalue weighted by molar-refractivity contribution is 0.227. The van der Waals surface area contributed by atoms with Crippen molar-refractivity contribution in [3.05, 3.63) is 23.5 Å². The number of urea groups is 1. The van der Waals surface area contributed by atoms with E-state index in [1.165, 1.54) is 32.1 Å². The van der Waals surface area contributed by atoms with Gasteiger partial charge in [-0.2, -0.15) is 0 Å². The smallest absolute Gasteiger partial charge is 0.315 e. The number of nitrogens with zero attached hydrogens (tertiary/aromatic N) is 2. The number of imidazole rings is 1. The number of hydrogen-bond donors (Lipinski definition) is 2. The predicted molar refractivity (Wildman–Crippen MR) is 89.0 cm³/mol. The molecule has 5 nitrogen and oxygen atoms in total. The topological polar surface area (TPSA) is 58.4 Å². The normalized spacial score (nSPS) is 21.9. The van der Waals surface area contributed by atoms with E-state index in [4.69, 9.17) is 0 Å². The molecule has 1 aliphatic rings. The number of fused-ring (bicyclic) bond motifs is 1. The first-order valence-corrected chi connectivity index (χ1v) is 9.05. The van der Waals surface area contributed by atoms with Gasteiger partial charge in [-0.05, 0) is 24.7 Å². The van der Waals surface area contributed by atoms with Gasteiger partial charge in [0, 0.05) is 18.1 Å². The molecule has 2 unspecified atom stereocenters. The lowest BCUT2D eigenvalue weighted by atomic mass is 9.80. The minimum absolute atomic E-state index is 0.0798. The van der Waals surface area contributed by atoms with Crippen molar-refractivity contribution in [3.63, 3.8) is 0 Å². The summed E-state index contributed by atoms with van der Waals surface area (Å²) in [6.45, 7) is 3.57.